The summed E-state index contributed by atoms with van der Waals surface area (Å²) in [6.07, 6.45) is 4.18. The number of aromatic nitrogens is 2. The smallest absolute Gasteiger partial charge is 0.256 e. The Labute approximate surface area is 132 Å². The van der Waals surface area contributed by atoms with Crippen molar-refractivity contribution in [2.75, 3.05) is 11.2 Å². The number of aryl methyl sites for hydroxylation is 2. The molecule has 0 unspecified atom stereocenters. The molecular weight excluding hydrogens is 309 g/mol. The second kappa shape index (κ2) is 5.54. The molecule has 1 aromatic heterocycles. The number of carbonyl (C=O) groups excluding carboxylic acids is 1. The summed E-state index contributed by atoms with van der Waals surface area (Å²) >= 11 is 11.9. The molecule has 2 aromatic rings. The van der Waals surface area contributed by atoms with Crippen LogP contribution in [0.1, 0.15) is 16.8 Å². The van der Waals surface area contributed by atoms with Gasteiger partial charge in [-0.25, -0.2) is 0 Å². The van der Waals surface area contributed by atoms with E-state index in [0.717, 1.165) is 23.2 Å². The quantitative estimate of drug-likeness (QED) is 0.696. The summed E-state index contributed by atoms with van der Waals surface area (Å²) in [5, 5.41) is 7.61. The fraction of sp³-hybridized carbons (Fsp3) is 0.200. The minimum Gasteiger partial charge on any atom is -0.321 e. The SMILES string of the molecule is Cn1cc(Cl)c(C=C2C(=O)Nc3ccc(CCCl)cc32)n1. The molecule has 1 N–H and O–H groups in total. The van der Waals surface area contributed by atoms with E-state index in [2.05, 4.69) is 10.4 Å². The molecular formula is C15H13Cl2N3O. The van der Waals surface area contributed by atoms with Gasteiger partial charge < -0.3 is 5.32 Å². The third kappa shape index (κ3) is 2.69. The first kappa shape index (κ1) is 14.2. The van der Waals surface area contributed by atoms with Crippen LogP contribution in [0, 0.1) is 0 Å². The molecule has 0 radical (unpaired) electrons. The molecule has 0 spiro atoms. The predicted octanol–water partition coefficient (Wildman–Crippen LogP) is 3.35. The number of hydrogen-bond acceptors (Lipinski definition) is 2. The van der Waals surface area contributed by atoms with E-state index in [0.29, 0.717) is 22.2 Å². The fourth-order valence-electron chi connectivity index (χ4n) is 2.35. The van der Waals surface area contributed by atoms with Crippen molar-refractivity contribution in [3.8, 4) is 0 Å². The highest BCUT2D eigenvalue weighted by molar-refractivity contribution is 6.36. The van der Waals surface area contributed by atoms with E-state index >= 15 is 0 Å². The van der Waals surface area contributed by atoms with Gasteiger partial charge in [-0.05, 0) is 30.2 Å². The van der Waals surface area contributed by atoms with Crippen molar-refractivity contribution >= 4 is 46.4 Å². The molecule has 21 heavy (non-hydrogen) atoms. The average Bonchev–Trinajstić information content (AvgIpc) is 2.91. The number of nitrogens with zero attached hydrogens (tertiary/aromatic N) is 2. The zero-order chi connectivity index (χ0) is 15.0. The largest absolute Gasteiger partial charge is 0.321 e. The molecule has 3 rings (SSSR count). The van der Waals surface area contributed by atoms with Gasteiger partial charge in [0.1, 0.15) is 5.69 Å². The highest BCUT2D eigenvalue weighted by Crippen LogP contribution is 2.34. The molecule has 1 aromatic carbocycles. The van der Waals surface area contributed by atoms with E-state index in [1.54, 1.807) is 24.0 Å². The van der Waals surface area contributed by atoms with Gasteiger partial charge in [-0.2, -0.15) is 5.10 Å². The van der Waals surface area contributed by atoms with Gasteiger partial charge in [0.15, 0.2) is 0 Å². The Hall–Kier alpha value is -1.78. The van der Waals surface area contributed by atoms with Crippen molar-refractivity contribution in [1.82, 2.24) is 9.78 Å². The van der Waals surface area contributed by atoms with Gasteiger partial charge in [-0.1, -0.05) is 17.7 Å². The minimum atomic E-state index is -0.144. The first-order valence-corrected chi connectivity index (χ1v) is 7.41. The molecule has 0 fully saturated rings. The Morgan fingerprint density at radius 1 is 1.43 bits per heavy atom. The van der Waals surface area contributed by atoms with E-state index in [-0.39, 0.29) is 5.91 Å². The Morgan fingerprint density at radius 3 is 2.90 bits per heavy atom. The van der Waals surface area contributed by atoms with Crippen molar-refractivity contribution in [2.24, 2.45) is 7.05 Å². The number of amides is 1. The summed E-state index contributed by atoms with van der Waals surface area (Å²) in [4.78, 5) is 12.1. The summed E-state index contributed by atoms with van der Waals surface area (Å²) in [6, 6.07) is 5.85. The van der Waals surface area contributed by atoms with E-state index < -0.39 is 0 Å². The van der Waals surface area contributed by atoms with Crippen LogP contribution in [0.3, 0.4) is 0 Å². The van der Waals surface area contributed by atoms with Crippen LogP contribution in [-0.4, -0.2) is 21.6 Å². The van der Waals surface area contributed by atoms with Gasteiger partial charge in [0.05, 0.1) is 10.6 Å². The first-order valence-electron chi connectivity index (χ1n) is 6.50. The van der Waals surface area contributed by atoms with Crippen LogP contribution < -0.4 is 5.32 Å². The number of anilines is 1. The lowest BCUT2D eigenvalue weighted by atomic mass is 10.0. The maximum atomic E-state index is 12.1. The Balaban J connectivity index is 2.07. The van der Waals surface area contributed by atoms with E-state index in [1.165, 1.54) is 0 Å². The molecule has 108 valence electrons. The maximum Gasteiger partial charge on any atom is 0.256 e. The second-order valence-electron chi connectivity index (χ2n) is 4.87. The van der Waals surface area contributed by atoms with Crippen LogP contribution in [0.2, 0.25) is 5.02 Å². The topological polar surface area (TPSA) is 46.9 Å². The number of alkyl halides is 1. The van der Waals surface area contributed by atoms with Gasteiger partial charge in [0.2, 0.25) is 0 Å². The summed E-state index contributed by atoms with van der Waals surface area (Å²) in [5.41, 5.74) is 3.92. The number of hydrogen-bond donors (Lipinski definition) is 1. The molecule has 1 amide bonds. The lowest BCUT2D eigenvalue weighted by Gasteiger charge is -2.02. The van der Waals surface area contributed by atoms with Gasteiger partial charge >= 0.3 is 0 Å². The van der Waals surface area contributed by atoms with Crippen LogP contribution in [0.15, 0.2) is 24.4 Å². The van der Waals surface area contributed by atoms with Crippen LogP contribution in [-0.2, 0) is 18.3 Å². The molecule has 0 aliphatic carbocycles. The molecule has 4 nitrogen and oxygen atoms in total. The lowest BCUT2D eigenvalue weighted by molar-refractivity contribution is -0.110. The van der Waals surface area contributed by atoms with Gasteiger partial charge in [-0.15, -0.1) is 11.6 Å². The van der Waals surface area contributed by atoms with Crippen LogP contribution >= 0.6 is 23.2 Å². The van der Waals surface area contributed by atoms with Crippen molar-refractivity contribution in [1.29, 1.82) is 0 Å². The maximum absolute atomic E-state index is 12.1. The zero-order valence-electron chi connectivity index (χ0n) is 11.4. The van der Waals surface area contributed by atoms with Crippen molar-refractivity contribution in [3.05, 3.63) is 46.2 Å². The monoisotopic (exact) mass is 321 g/mol. The summed E-state index contributed by atoms with van der Waals surface area (Å²) in [6.45, 7) is 0. The Morgan fingerprint density at radius 2 is 2.24 bits per heavy atom. The highest BCUT2D eigenvalue weighted by Gasteiger charge is 2.25. The minimum absolute atomic E-state index is 0.144. The zero-order valence-corrected chi connectivity index (χ0v) is 12.9. The standard InChI is InChI=1S/C15H13Cl2N3O/c1-20-8-12(17)14(19-20)7-11-10-6-9(4-5-16)2-3-13(10)18-15(11)21/h2-3,6-8H,4-5H2,1H3,(H,18,21). The summed E-state index contributed by atoms with van der Waals surface area (Å²) in [7, 11) is 1.79. The van der Waals surface area contributed by atoms with Crippen LogP contribution in [0.5, 0.6) is 0 Å². The molecule has 0 saturated carbocycles. The summed E-state index contributed by atoms with van der Waals surface area (Å²) < 4.78 is 1.62. The number of benzene rings is 1. The molecule has 0 saturated heterocycles. The summed E-state index contributed by atoms with van der Waals surface area (Å²) in [5.74, 6) is 0.403. The van der Waals surface area contributed by atoms with Crippen molar-refractivity contribution < 1.29 is 4.79 Å². The Kier molecular flexibility index (Phi) is 3.74. The fourth-order valence-corrected chi connectivity index (χ4v) is 2.81. The number of halogens is 2. The van der Waals surface area contributed by atoms with Crippen LogP contribution in [0.4, 0.5) is 5.69 Å². The molecule has 0 bridgehead atoms. The lowest BCUT2D eigenvalue weighted by Crippen LogP contribution is -2.03. The molecule has 6 heteroatoms. The molecule has 2 heterocycles. The third-order valence-corrected chi connectivity index (χ3v) is 3.82. The van der Waals surface area contributed by atoms with Crippen LogP contribution in [0.25, 0.3) is 11.6 Å². The molecule has 0 atom stereocenters. The average molecular weight is 322 g/mol. The second-order valence-corrected chi connectivity index (χ2v) is 5.65. The number of carbonyl (C=O) groups is 1. The molecule has 1 aliphatic rings. The molecule has 1 aliphatic heterocycles. The number of rotatable bonds is 3. The van der Waals surface area contributed by atoms with Gasteiger partial charge in [0.25, 0.3) is 5.91 Å². The third-order valence-electron chi connectivity index (χ3n) is 3.34. The van der Waals surface area contributed by atoms with Crippen molar-refractivity contribution in [3.63, 3.8) is 0 Å². The number of nitrogens with one attached hydrogen (secondary N) is 1. The van der Waals surface area contributed by atoms with Gasteiger partial charge in [0, 0.05) is 30.4 Å². The van der Waals surface area contributed by atoms with E-state index in [9.17, 15) is 4.79 Å². The van der Waals surface area contributed by atoms with E-state index in [4.69, 9.17) is 23.2 Å². The van der Waals surface area contributed by atoms with Gasteiger partial charge in [-0.3, -0.25) is 9.48 Å². The normalized spacial score (nSPS) is 15.4. The highest BCUT2D eigenvalue weighted by atomic mass is 35.5. The van der Waals surface area contributed by atoms with Crippen molar-refractivity contribution in [2.45, 2.75) is 6.42 Å². The number of fused-ring (bicyclic) bond motifs is 1. The Bertz CT molecular complexity index is 749. The van der Waals surface area contributed by atoms with E-state index in [1.807, 2.05) is 18.2 Å². The predicted molar refractivity (Wildman–Crippen MR) is 85.6 cm³/mol. The first-order chi connectivity index (χ1) is 10.1.